The van der Waals surface area contributed by atoms with Crippen LogP contribution in [0, 0.1) is 0 Å². The quantitative estimate of drug-likeness (QED) is 0.792. The summed E-state index contributed by atoms with van der Waals surface area (Å²) < 4.78 is 27.8. The minimum atomic E-state index is -3.50. The zero-order valence-corrected chi connectivity index (χ0v) is 13.5. The molecule has 0 N–H and O–H groups in total. The fourth-order valence-electron chi connectivity index (χ4n) is 2.28. The van der Waals surface area contributed by atoms with Gasteiger partial charge in [0.1, 0.15) is 0 Å². The molecule has 22 heavy (non-hydrogen) atoms. The number of rotatable bonds is 4. The van der Waals surface area contributed by atoms with Crippen LogP contribution in [0.4, 0.5) is 5.95 Å². The largest absolute Gasteiger partial charge is 0.347 e. The van der Waals surface area contributed by atoms with E-state index in [0.717, 1.165) is 5.69 Å². The van der Waals surface area contributed by atoms with Gasteiger partial charge in [-0.1, -0.05) is 0 Å². The zero-order chi connectivity index (χ0) is 15.9. The van der Waals surface area contributed by atoms with E-state index in [-0.39, 0.29) is 10.9 Å². The van der Waals surface area contributed by atoms with Crippen molar-refractivity contribution in [1.29, 1.82) is 0 Å². The highest BCUT2D eigenvalue weighted by molar-refractivity contribution is 7.89. The summed E-state index contributed by atoms with van der Waals surface area (Å²) >= 11 is 0. The first-order chi connectivity index (χ1) is 10.4. The summed E-state index contributed by atoms with van der Waals surface area (Å²) in [5.74, 6) is 0.726. The number of hydrogen-bond acceptors (Lipinski definition) is 6. The standard InChI is InChI=1S/C13H18N6O2S/c1-17(2)13-14-5-4-11(16-13)10-6-19(7-10)22(20,21)12-8-18(3)9-15-12/h4-5,8-10H,6-7H2,1-3H3. The average molecular weight is 322 g/mol. The van der Waals surface area contributed by atoms with Crippen LogP contribution < -0.4 is 4.90 Å². The van der Waals surface area contributed by atoms with Crippen molar-refractivity contribution in [2.24, 2.45) is 7.05 Å². The fourth-order valence-corrected chi connectivity index (χ4v) is 3.78. The number of aryl methyl sites for hydroxylation is 1. The second-order valence-corrected chi connectivity index (χ2v) is 7.46. The molecule has 1 aliphatic heterocycles. The maximum absolute atomic E-state index is 12.4. The lowest BCUT2D eigenvalue weighted by atomic mass is 9.99. The molecule has 1 fully saturated rings. The van der Waals surface area contributed by atoms with Gasteiger partial charge in [-0.3, -0.25) is 0 Å². The molecule has 118 valence electrons. The molecule has 1 aliphatic rings. The van der Waals surface area contributed by atoms with E-state index < -0.39 is 10.0 Å². The van der Waals surface area contributed by atoms with Gasteiger partial charge in [-0.05, 0) is 6.07 Å². The number of sulfonamides is 1. The first-order valence-electron chi connectivity index (χ1n) is 6.86. The molecule has 0 aliphatic carbocycles. The summed E-state index contributed by atoms with van der Waals surface area (Å²) in [4.78, 5) is 14.4. The third-order valence-electron chi connectivity index (χ3n) is 3.62. The topological polar surface area (TPSA) is 84.2 Å². The summed E-state index contributed by atoms with van der Waals surface area (Å²) in [6, 6.07) is 1.84. The van der Waals surface area contributed by atoms with E-state index in [2.05, 4.69) is 15.0 Å². The summed E-state index contributed by atoms with van der Waals surface area (Å²) in [5.41, 5.74) is 0.867. The SMILES string of the molecule is CN(C)c1nccc(C2CN(S(=O)(=O)c3cn(C)cn3)C2)n1. The predicted molar refractivity (Wildman–Crippen MR) is 81.1 cm³/mol. The van der Waals surface area contributed by atoms with E-state index in [1.54, 1.807) is 17.8 Å². The lowest BCUT2D eigenvalue weighted by Crippen LogP contribution is -2.48. The van der Waals surface area contributed by atoms with Crippen LogP contribution in [0.2, 0.25) is 0 Å². The monoisotopic (exact) mass is 322 g/mol. The molecule has 3 rings (SSSR count). The first kappa shape index (κ1) is 14.9. The van der Waals surface area contributed by atoms with Crippen LogP contribution in [0.15, 0.2) is 29.8 Å². The van der Waals surface area contributed by atoms with Crippen molar-refractivity contribution in [2.75, 3.05) is 32.1 Å². The second-order valence-electron chi connectivity index (χ2n) is 5.57. The Morgan fingerprint density at radius 3 is 2.59 bits per heavy atom. The minimum absolute atomic E-state index is 0.0881. The molecule has 1 saturated heterocycles. The molecular weight excluding hydrogens is 304 g/mol. The van der Waals surface area contributed by atoms with Crippen LogP contribution >= 0.6 is 0 Å². The van der Waals surface area contributed by atoms with Crippen LogP contribution in [0.5, 0.6) is 0 Å². The van der Waals surface area contributed by atoms with Crippen LogP contribution in [0.3, 0.4) is 0 Å². The van der Waals surface area contributed by atoms with Gasteiger partial charge < -0.3 is 9.47 Å². The Bertz CT molecular complexity index is 779. The predicted octanol–water partition coefficient (Wildman–Crippen LogP) is 0.0642. The number of anilines is 1. The van der Waals surface area contributed by atoms with Crippen molar-refractivity contribution in [3.63, 3.8) is 0 Å². The van der Waals surface area contributed by atoms with Crippen molar-refractivity contribution < 1.29 is 8.42 Å². The number of imidazole rings is 1. The van der Waals surface area contributed by atoms with Crippen molar-refractivity contribution in [3.8, 4) is 0 Å². The first-order valence-corrected chi connectivity index (χ1v) is 8.30. The van der Waals surface area contributed by atoms with Gasteiger partial charge in [0.2, 0.25) is 5.95 Å². The van der Waals surface area contributed by atoms with Crippen LogP contribution in [0.1, 0.15) is 11.6 Å². The van der Waals surface area contributed by atoms with Crippen molar-refractivity contribution in [3.05, 3.63) is 30.5 Å². The zero-order valence-electron chi connectivity index (χ0n) is 12.7. The molecule has 3 heterocycles. The van der Waals surface area contributed by atoms with Gasteiger partial charge in [-0.25, -0.2) is 23.4 Å². The highest BCUT2D eigenvalue weighted by atomic mass is 32.2. The number of aromatic nitrogens is 4. The summed E-state index contributed by atoms with van der Waals surface area (Å²) in [5, 5.41) is 0.0881. The fraction of sp³-hybridized carbons (Fsp3) is 0.462. The van der Waals surface area contributed by atoms with E-state index in [9.17, 15) is 8.42 Å². The van der Waals surface area contributed by atoms with E-state index >= 15 is 0 Å². The van der Waals surface area contributed by atoms with Gasteiger partial charge in [0.15, 0.2) is 5.03 Å². The Morgan fingerprint density at radius 2 is 2.00 bits per heavy atom. The van der Waals surface area contributed by atoms with E-state index in [1.165, 1.54) is 16.8 Å². The van der Waals surface area contributed by atoms with Gasteiger partial charge in [0.25, 0.3) is 10.0 Å². The van der Waals surface area contributed by atoms with Crippen LogP contribution in [0.25, 0.3) is 0 Å². The average Bonchev–Trinajstić information content (AvgIpc) is 2.84. The Labute approximate surface area is 129 Å². The highest BCUT2D eigenvalue weighted by Crippen LogP contribution is 2.30. The molecular formula is C13H18N6O2S. The van der Waals surface area contributed by atoms with Crippen molar-refractivity contribution in [1.82, 2.24) is 23.8 Å². The van der Waals surface area contributed by atoms with Gasteiger partial charge in [-0.15, -0.1) is 0 Å². The van der Waals surface area contributed by atoms with E-state index in [0.29, 0.717) is 19.0 Å². The maximum Gasteiger partial charge on any atom is 0.262 e. The summed E-state index contributed by atoms with van der Waals surface area (Å²) in [6.45, 7) is 0.839. The third-order valence-corrected chi connectivity index (χ3v) is 5.33. The molecule has 0 atom stereocenters. The van der Waals surface area contributed by atoms with Gasteiger partial charge in [0.05, 0.1) is 12.0 Å². The molecule has 8 nitrogen and oxygen atoms in total. The Morgan fingerprint density at radius 1 is 1.27 bits per heavy atom. The molecule has 0 radical (unpaired) electrons. The molecule has 0 unspecified atom stereocenters. The highest BCUT2D eigenvalue weighted by Gasteiger charge is 2.39. The van der Waals surface area contributed by atoms with Crippen LogP contribution in [-0.2, 0) is 17.1 Å². The lowest BCUT2D eigenvalue weighted by Gasteiger charge is -2.37. The van der Waals surface area contributed by atoms with E-state index in [1.807, 2.05) is 25.1 Å². The molecule has 2 aromatic heterocycles. The normalized spacial score (nSPS) is 16.5. The van der Waals surface area contributed by atoms with Crippen LogP contribution in [-0.4, -0.2) is 59.4 Å². The molecule has 0 bridgehead atoms. The van der Waals surface area contributed by atoms with Gasteiger partial charge in [0, 0.05) is 52.5 Å². The number of hydrogen-bond donors (Lipinski definition) is 0. The molecule has 0 saturated carbocycles. The Balaban J connectivity index is 1.73. The molecule has 0 spiro atoms. The molecule has 9 heteroatoms. The molecule has 2 aromatic rings. The summed E-state index contributed by atoms with van der Waals surface area (Å²) in [7, 11) is 1.99. The van der Waals surface area contributed by atoms with Crippen molar-refractivity contribution in [2.45, 2.75) is 10.9 Å². The smallest absolute Gasteiger partial charge is 0.262 e. The molecule has 0 amide bonds. The Hall–Kier alpha value is -2.00. The summed E-state index contributed by atoms with van der Waals surface area (Å²) in [6.07, 6.45) is 4.70. The lowest BCUT2D eigenvalue weighted by molar-refractivity contribution is 0.259. The maximum atomic E-state index is 12.4. The Kier molecular flexibility index (Phi) is 3.61. The minimum Gasteiger partial charge on any atom is -0.347 e. The van der Waals surface area contributed by atoms with E-state index in [4.69, 9.17) is 0 Å². The number of nitrogens with zero attached hydrogens (tertiary/aromatic N) is 6. The van der Waals surface area contributed by atoms with Crippen molar-refractivity contribution >= 4 is 16.0 Å². The van der Waals surface area contributed by atoms with Gasteiger partial charge in [-0.2, -0.15) is 4.31 Å². The van der Waals surface area contributed by atoms with Gasteiger partial charge >= 0.3 is 0 Å². The second kappa shape index (κ2) is 5.33. The third kappa shape index (κ3) is 2.57. The molecule has 0 aromatic carbocycles.